The molecular formula is C9H6ClN3O2. The van der Waals surface area contributed by atoms with Crippen molar-refractivity contribution in [1.82, 2.24) is 10.2 Å². The minimum absolute atomic E-state index is 0.0648. The molecule has 0 unspecified atom stereocenters. The van der Waals surface area contributed by atoms with Gasteiger partial charge in [0.1, 0.15) is 0 Å². The second kappa shape index (κ2) is 4.10. The van der Waals surface area contributed by atoms with Gasteiger partial charge in [0.05, 0.1) is 0 Å². The molecule has 6 heteroatoms. The van der Waals surface area contributed by atoms with Crippen molar-refractivity contribution in [3.8, 4) is 0 Å². The molecule has 2 aromatic rings. The first kappa shape index (κ1) is 9.67. The molecule has 1 aromatic carbocycles. The maximum atomic E-state index is 11.5. The highest BCUT2D eigenvalue weighted by molar-refractivity contribution is 6.30. The number of benzene rings is 1. The molecule has 15 heavy (non-hydrogen) atoms. The number of amides is 1. The van der Waals surface area contributed by atoms with E-state index in [1.807, 2.05) is 0 Å². The highest BCUT2D eigenvalue weighted by atomic mass is 35.5. The Morgan fingerprint density at radius 2 is 2.07 bits per heavy atom. The molecule has 1 heterocycles. The van der Waals surface area contributed by atoms with Gasteiger partial charge < -0.3 is 4.42 Å². The van der Waals surface area contributed by atoms with Gasteiger partial charge in [0.2, 0.25) is 6.39 Å². The number of aromatic nitrogens is 2. The van der Waals surface area contributed by atoms with Crippen molar-refractivity contribution < 1.29 is 9.21 Å². The van der Waals surface area contributed by atoms with Crippen molar-refractivity contribution >= 4 is 23.5 Å². The number of carbonyl (C=O) groups excluding carboxylic acids is 1. The maximum absolute atomic E-state index is 11.5. The molecule has 1 aromatic heterocycles. The lowest BCUT2D eigenvalue weighted by Gasteiger charge is -1.99. The minimum atomic E-state index is -0.323. The molecule has 0 saturated heterocycles. The van der Waals surface area contributed by atoms with Crippen LogP contribution in [0.5, 0.6) is 0 Å². The molecule has 0 atom stereocenters. The average Bonchev–Trinajstić information content (AvgIpc) is 2.71. The van der Waals surface area contributed by atoms with Gasteiger partial charge in [0.15, 0.2) is 0 Å². The number of hydrogen-bond acceptors (Lipinski definition) is 4. The summed E-state index contributed by atoms with van der Waals surface area (Å²) in [6.07, 6.45) is 1.14. The molecule has 1 N–H and O–H groups in total. The van der Waals surface area contributed by atoms with Gasteiger partial charge in [0, 0.05) is 10.6 Å². The summed E-state index contributed by atoms with van der Waals surface area (Å²) >= 11 is 5.69. The lowest BCUT2D eigenvalue weighted by molar-refractivity contribution is 0.102. The Morgan fingerprint density at radius 1 is 1.33 bits per heavy atom. The molecule has 0 radical (unpaired) electrons. The number of nitrogens with zero attached hydrogens (tertiary/aromatic N) is 2. The summed E-state index contributed by atoms with van der Waals surface area (Å²) in [5.41, 5.74) is 0.470. The van der Waals surface area contributed by atoms with E-state index in [0.717, 1.165) is 6.39 Å². The summed E-state index contributed by atoms with van der Waals surface area (Å²) in [5.74, 6) is -0.323. The zero-order chi connectivity index (χ0) is 10.7. The van der Waals surface area contributed by atoms with Crippen LogP contribution >= 0.6 is 11.6 Å². The number of carbonyl (C=O) groups is 1. The number of nitrogens with one attached hydrogen (secondary N) is 1. The SMILES string of the molecule is O=C(Nc1nnco1)c1ccc(Cl)cc1. The Balaban J connectivity index is 2.11. The third kappa shape index (κ3) is 2.32. The molecule has 0 fully saturated rings. The second-order valence-corrected chi connectivity index (χ2v) is 3.14. The van der Waals surface area contributed by atoms with Gasteiger partial charge >= 0.3 is 6.01 Å². The largest absolute Gasteiger partial charge is 0.411 e. The van der Waals surface area contributed by atoms with Crippen LogP contribution in [-0.4, -0.2) is 16.1 Å². The highest BCUT2D eigenvalue weighted by Gasteiger charge is 2.08. The monoisotopic (exact) mass is 223 g/mol. The predicted octanol–water partition coefficient (Wildman–Crippen LogP) is 1.98. The third-order valence-corrected chi connectivity index (χ3v) is 1.94. The molecule has 1 amide bonds. The van der Waals surface area contributed by atoms with Crippen molar-refractivity contribution in [3.63, 3.8) is 0 Å². The van der Waals surface area contributed by atoms with Crippen molar-refractivity contribution in [2.24, 2.45) is 0 Å². The fourth-order valence-corrected chi connectivity index (χ4v) is 1.12. The van der Waals surface area contributed by atoms with Crippen LogP contribution in [-0.2, 0) is 0 Å². The Morgan fingerprint density at radius 3 is 2.67 bits per heavy atom. The van der Waals surface area contributed by atoms with Gasteiger partial charge in [-0.25, -0.2) is 0 Å². The number of hydrogen-bond donors (Lipinski definition) is 1. The normalized spacial score (nSPS) is 9.93. The molecule has 0 spiro atoms. The van der Waals surface area contributed by atoms with E-state index < -0.39 is 0 Å². The Hall–Kier alpha value is -1.88. The lowest BCUT2D eigenvalue weighted by Crippen LogP contribution is -2.11. The molecule has 0 aliphatic rings. The summed E-state index contributed by atoms with van der Waals surface area (Å²) < 4.78 is 4.77. The first-order valence-electron chi connectivity index (χ1n) is 4.09. The van der Waals surface area contributed by atoms with Crippen LogP contribution in [0.2, 0.25) is 5.02 Å². The number of anilines is 1. The maximum Gasteiger partial charge on any atom is 0.322 e. The van der Waals surface area contributed by atoms with Gasteiger partial charge in [-0.1, -0.05) is 16.7 Å². The smallest absolute Gasteiger partial charge is 0.322 e. The van der Waals surface area contributed by atoms with Gasteiger partial charge in [0.25, 0.3) is 5.91 Å². The predicted molar refractivity (Wildman–Crippen MR) is 53.7 cm³/mol. The van der Waals surface area contributed by atoms with Crippen LogP contribution in [0.15, 0.2) is 35.1 Å². The summed E-state index contributed by atoms with van der Waals surface area (Å²) in [4.78, 5) is 11.5. The lowest BCUT2D eigenvalue weighted by atomic mass is 10.2. The van der Waals surface area contributed by atoms with Crippen molar-refractivity contribution in [3.05, 3.63) is 41.2 Å². The van der Waals surface area contributed by atoms with Crippen LogP contribution < -0.4 is 5.32 Å². The van der Waals surface area contributed by atoms with E-state index in [1.54, 1.807) is 24.3 Å². The van der Waals surface area contributed by atoms with E-state index >= 15 is 0 Å². The second-order valence-electron chi connectivity index (χ2n) is 2.70. The van der Waals surface area contributed by atoms with E-state index in [2.05, 4.69) is 15.5 Å². The number of halogens is 1. The van der Waals surface area contributed by atoms with Gasteiger partial charge in [-0.3, -0.25) is 10.1 Å². The molecule has 0 aliphatic carbocycles. The van der Waals surface area contributed by atoms with Gasteiger partial charge in [-0.05, 0) is 24.3 Å². The fourth-order valence-electron chi connectivity index (χ4n) is 0.998. The van der Waals surface area contributed by atoms with E-state index in [4.69, 9.17) is 16.0 Å². The third-order valence-electron chi connectivity index (χ3n) is 1.69. The average molecular weight is 224 g/mol. The molecule has 0 saturated carbocycles. The van der Waals surface area contributed by atoms with Crippen LogP contribution in [0.4, 0.5) is 6.01 Å². The Kier molecular flexibility index (Phi) is 2.64. The van der Waals surface area contributed by atoms with Gasteiger partial charge in [-0.15, -0.1) is 5.10 Å². The minimum Gasteiger partial charge on any atom is -0.411 e. The van der Waals surface area contributed by atoms with Crippen molar-refractivity contribution in [2.45, 2.75) is 0 Å². The quantitative estimate of drug-likeness (QED) is 0.845. The Bertz CT molecular complexity index is 453. The van der Waals surface area contributed by atoms with E-state index in [9.17, 15) is 4.79 Å². The van der Waals surface area contributed by atoms with E-state index in [-0.39, 0.29) is 11.9 Å². The molecule has 0 bridgehead atoms. The summed E-state index contributed by atoms with van der Waals surface area (Å²) in [6, 6.07) is 6.53. The van der Waals surface area contributed by atoms with Crippen molar-refractivity contribution in [1.29, 1.82) is 0 Å². The zero-order valence-corrected chi connectivity index (χ0v) is 8.23. The molecular weight excluding hydrogens is 218 g/mol. The van der Waals surface area contributed by atoms with Crippen LogP contribution in [0.25, 0.3) is 0 Å². The Labute approximate surface area is 90.1 Å². The molecule has 5 nitrogen and oxygen atoms in total. The summed E-state index contributed by atoms with van der Waals surface area (Å²) in [6.45, 7) is 0. The summed E-state index contributed by atoms with van der Waals surface area (Å²) in [5, 5.41) is 9.96. The van der Waals surface area contributed by atoms with Crippen LogP contribution in [0.1, 0.15) is 10.4 Å². The van der Waals surface area contributed by atoms with Crippen LogP contribution in [0, 0.1) is 0 Å². The van der Waals surface area contributed by atoms with Crippen molar-refractivity contribution in [2.75, 3.05) is 5.32 Å². The van der Waals surface area contributed by atoms with Gasteiger partial charge in [-0.2, -0.15) is 0 Å². The molecule has 76 valence electrons. The van der Waals surface area contributed by atoms with E-state index in [1.165, 1.54) is 0 Å². The highest BCUT2D eigenvalue weighted by Crippen LogP contribution is 2.10. The molecule has 2 rings (SSSR count). The topological polar surface area (TPSA) is 68.0 Å². The summed E-state index contributed by atoms with van der Waals surface area (Å²) in [7, 11) is 0. The molecule has 0 aliphatic heterocycles. The number of rotatable bonds is 2. The fraction of sp³-hybridized carbons (Fsp3) is 0. The first-order chi connectivity index (χ1) is 7.25. The zero-order valence-electron chi connectivity index (χ0n) is 7.48. The first-order valence-corrected chi connectivity index (χ1v) is 4.46. The van der Waals surface area contributed by atoms with Crippen LogP contribution in [0.3, 0.4) is 0 Å². The standard InChI is InChI=1S/C9H6ClN3O2/c10-7-3-1-6(2-4-7)8(14)12-9-13-11-5-15-9/h1-5H,(H,12,13,14). The van der Waals surface area contributed by atoms with E-state index in [0.29, 0.717) is 10.6 Å².